The Morgan fingerprint density at radius 2 is 2.10 bits per heavy atom. The van der Waals surface area contributed by atoms with Crippen LogP contribution in [0.3, 0.4) is 0 Å². The van der Waals surface area contributed by atoms with E-state index in [9.17, 15) is 9.59 Å². The van der Waals surface area contributed by atoms with E-state index in [1.165, 1.54) is 6.08 Å². The molecule has 1 saturated carbocycles. The molecule has 2 rings (SSSR count). The minimum atomic E-state index is -0.355. The SMILES string of the molecule is CCOC(=O)CN(C(=O)C=Cc1ccccc1Br)C1CC1. The summed E-state index contributed by atoms with van der Waals surface area (Å²) in [7, 11) is 0. The molecule has 1 aliphatic rings. The summed E-state index contributed by atoms with van der Waals surface area (Å²) in [6, 6.07) is 7.83. The first-order valence-corrected chi connectivity index (χ1v) is 7.80. The van der Waals surface area contributed by atoms with E-state index in [0.29, 0.717) is 6.61 Å². The third kappa shape index (κ3) is 4.70. The zero-order chi connectivity index (χ0) is 15.2. The third-order valence-corrected chi connectivity index (χ3v) is 3.91. The zero-order valence-electron chi connectivity index (χ0n) is 11.9. The summed E-state index contributed by atoms with van der Waals surface area (Å²) in [5, 5.41) is 0. The molecular formula is C16H18BrNO3. The average molecular weight is 352 g/mol. The van der Waals surface area contributed by atoms with Gasteiger partial charge >= 0.3 is 5.97 Å². The highest BCUT2D eigenvalue weighted by Gasteiger charge is 2.33. The van der Waals surface area contributed by atoms with E-state index < -0.39 is 0 Å². The van der Waals surface area contributed by atoms with Crippen molar-refractivity contribution in [1.82, 2.24) is 4.90 Å². The van der Waals surface area contributed by atoms with Gasteiger partial charge < -0.3 is 9.64 Å². The van der Waals surface area contributed by atoms with Crippen molar-refractivity contribution in [3.8, 4) is 0 Å². The van der Waals surface area contributed by atoms with Gasteiger partial charge in [-0.2, -0.15) is 0 Å². The molecule has 0 saturated heterocycles. The smallest absolute Gasteiger partial charge is 0.325 e. The van der Waals surface area contributed by atoms with Crippen molar-refractivity contribution in [2.75, 3.05) is 13.2 Å². The van der Waals surface area contributed by atoms with Crippen molar-refractivity contribution >= 4 is 33.9 Å². The maximum Gasteiger partial charge on any atom is 0.325 e. The summed E-state index contributed by atoms with van der Waals surface area (Å²) in [6.45, 7) is 2.12. The summed E-state index contributed by atoms with van der Waals surface area (Å²) in [4.78, 5) is 25.4. The van der Waals surface area contributed by atoms with Crippen LogP contribution in [0, 0.1) is 0 Å². The Morgan fingerprint density at radius 1 is 1.38 bits per heavy atom. The van der Waals surface area contributed by atoms with E-state index in [2.05, 4.69) is 15.9 Å². The van der Waals surface area contributed by atoms with Crippen LogP contribution >= 0.6 is 15.9 Å². The molecular weight excluding hydrogens is 334 g/mol. The van der Waals surface area contributed by atoms with Gasteiger partial charge in [-0.3, -0.25) is 9.59 Å². The van der Waals surface area contributed by atoms with E-state index in [-0.39, 0.29) is 24.5 Å². The minimum Gasteiger partial charge on any atom is -0.465 e. The largest absolute Gasteiger partial charge is 0.465 e. The Hall–Kier alpha value is -1.62. The normalized spacial score (nSPS) is 14.2. The summed E-state index contributed by atoms with van der Waals surface area (Å²) in [5.74, 6) is -0.506. The highest BCUT2D eigenvalue weighted by atomic mass is 79.9. The lowest BCUT2D eigenvalue weighted by Crippen LogP contribution is -2.37. The molecule has 0 unspecified atom stereocenters. The number of ether oxygens (including phenoxy) is 1. The highest BCUT2D eigenvalue weighted by Crippen LogP contribution is 2.27. The van der Waals surface area contributed by atoms with Gasteiger partial charge in [0.2, 0.25) is 5.91 Å². The molecule has 21 heavy (non-hydrogen) atoms. The number of hydrogen-bond acceptors (Lipinski definition) is 3. The van der Waals surface area contributed by atoms with Crippen molar-refractivity contribution in [1.29, 1.82) is 0 Å². The Bertz CT molecular complexity index is 552. The third-order valence-electron chi connectivity index (χ3n) is 3.19. The molecule has 0 atom stereocenters. The van der Waals surface area contributed by atoms with Gasteiger partial charge in [0.1, 0.15) is 6.54 Å². The van der Waals surface area contributed by atoms with Crippen LogP contribution in [-0.2, 0) is 14.3 Å². The predicted octanol–water partition coefficient (Wildman–Crippen LogP) is 3.02. The van der Waals surface area contributed by atoms with Crippen molar-refractivity contribution in [3.05, 3.63) is 40.4 Å². The van der Waals surface area contributed by atoms with Crippen LogP contribution in [0.2, 0.25) is 0 Å². The fourth-order valence-electron chi connectivity index (χ4n) is 1.99. The molecule has 0 bridgehead atoms. The first-order chi connectivity index (χ1) is 10.1. The fraction of sp³-hybridized carbons (Fsp3) is 0.375. The van der Waals surface area contributed by atoms with Crippen LogP contribution in [0.5, 0.6) is 0 Å². The number of hydrogen-bond donors (Lipinski definition) is 0. The van der Waals surface area contributed by atoms with Crippen molar-refractivity contribution < 1.29 is 14.3 Å². The van der Waals surface area contributed by atoms with E-state index in [4.69, 9.17) is 4.74 Å². The highest BCUT2D eigenvalue weighted by molar-refractivity contribution is 9.10. The topological polar surface area (TPSA) is 46.6 Å². The Balaban J connectivity index is 2.02. The lowest BCUT2D eigenvalue weighted by Gasteiger charge is -2.19. The number of esters is 1. The van der Waals surface area contributed by atoms with E-state index >= 15 is 0 Å². The van der Waals surface area contributed by atoms with Crippen LogP contribution in [-0.4, -0.2) is 36.0 Å². The van der Waals surface area contributed by atoms with Crippen LogP contribution < -0.4 is 0 Å². The number of nitrogens with zero attached hydrogens (tertiary/aromatic N) is 1. The molecule has 112 valence electrons. The molecule has 1 amide bonds. The molecule has 0 radical (unpaired) electrons. The Labute approximate surface area is 132 Å². The summed E-state index contributed by atoms with van der Waals surface area (Å²) in [6.07, 6.45) is 5.17. The van der Waals surface area contributed by atoms with Gasteiger partial charge in [-0.05, 0) is 37.5 Å². The molecule has 1 aliphatic carbocycles. The van der Waals surface area contributed by atoms with Crippen molar-refractivity contribution in [2.24, 2.45) is 0 Å². The Kier molecular flexibility index (Phi) is 5.56. The van der Waals surface area contributed by atoms with E-state index in [1.54, 1.807) is 17.9 Å². The fourth-order valence-corrected chi connectivity index (χ4v) is 2.40. The first kappa shape index (κ1) is 15.8. The summed E-state index contributed by atoms with van der Waals surface area (Å²) >= 11 is 3.44. The second-order valence-corrected chi connectivity index (χ2v) is 5.71. The quantitative estimate of drug-likeness (QED) is 0.584. The van der Waals surface area contributed by atoms with Gasteiger partial charge in [0, 0.05) is 16.6 Å². The Morgan fingerprint density at radius 3 is 2.71 bits per heavy atom. The number of carbonyl (C=O) groups excluding carboxylic acids is 2. The lowest BCUT2D eigenvalue weighted by molar-refractivity contribution is -0.148. The standard InChI is InChI=1S/C16H18BrNO3/c1-2-21-16(20)11-18(13-8-9-13)15(19)10-7-12-5-3-4-6-14(12)17/h3-7,10,13H,2,8-9,11H2,1H3. The first-order valence-electron chi connectivity index (χ1n) is 7.00. The molecule has 0 N–H and O–H groups in total. The molecule has 4 nitrogen and oxygen atoms in total. The van der Waals surface area contributed by atoms with Gasteiger partial charge in [0.05, 0.1) is 6.61 Å². The van der Waals surface area contributed by atoms with Crippen LogP contribution in [0.15, 0.2) is 34.8 Å². The van der Waals surface area contributed by atoms with Gasteiger partial charge in [-0.1, -0.05) is 34.1 Å². The van der Waals surface area contributed by atoms with Crippen LogP contribution in [0.1, 0.15) is 25.3 Å². The minimum absolute atomic E-state index is 0.0254. The molecule has 1 aromatic rings. The number of benzene rings is 1. The summed E-state index contributed by atoms with van der Waals surface area (Å²) in [5.41, 5.74) is 0.928. The van der Waals surface area contributed by atoms with E-state index in [0.717, 1.165) is 22.9 Å². The molecule has 0 aliphatic heterocycles. The summed E-state index contributed by atoms with van der Waals surface area (Å²) < 4.78 is 5.85. The number of amides is 1. The van der Waals surface area contributed by atoms with Gasteiger partial charge in [0.25, 0.3) is 0 Å². The number of halogens is 1. The zero-order valence-corrected chi connectivity index (χ0v) is 13.5. The average Bonchev–Trinajstić information content (AvgIpc) is 3.28. The molecule has 5 heteroatoms. The second-order valence-electron chi connectivity index (χ2n) is 4.86. The van der Waals surface area contributed by atoms with Crippen LogP contribution in [0.25, 0.3) is 6.08 Å². The lowest BCUT2D eigenvalue weighted by atomic mass is 10.2. The molecule has 1 fully saturated rings. The number of rotatable bonds is 6. The predicted molar refractivity (Wildman–Crippen MR) is 84.5 cm³/mol. The van der Waals surface area contributed by atoms with Gasteiger partial charge in [-0.25, -0.2) is 0 Å². The monoisotopic (exact) mass is 351 g/mol. The second kappa shape index (κ2) is 7.41. The maximum atomic E-state index is 12.3. The molecule has 0 spiro atoms. The van der Waals surface area contributed by atoms with Gasteiger partial charge in [-0.15, -0.1) is 0 Å². The van der Waals surface area contributed by atoms with E-state index in [1.807, 2.05) is 24.3 Å². The van der Waals surface area contributed by atoms with Gasteiger partial charge in [0.15, 0.2) is 0 Å². The molecule has 1 aromatic carbocycles. The molecule has 0 aromatic heterocycles. The van der Waals surface area contributed by atoms with Crippen molar-refractivity contribution in [2.45, 2.75) is 25.8 Å². The van der Waals surface area contributed by atoms with Crippen molar-refractivity contribution in [3.63, 3.8) is 0 Å². The molecule has 0 heterocycles. The van der Waals surface area contributed by atoms with Crippen LogP contribution in [0.4, 0.5) is 0 Å². The maximum absolute atomic E-state index is 12.3. The number of carbonyl (C=O) groups is 2.